The third-order valence-electron chi connectivity index (χ3n) is 3.71. The Labute approximate surface area is 151 Å². The van der Waals surface area contributed by atoms with E-state index >= 15 is 0 Å². The van der Waals surface area contributed by atoms with Crippen molar-refractivity contribution in [2.45, 2.75) is 13.0 Å². The number of carbonyl (C=O) groups is 1. The summed E-state index contributed by atoms with van der Waals surface area (Å²) in [7, 11) is 1.89. The second-order valence-corrected chi connectivity index (χ2v) is 5.94. The number of amides is 1. The first-order valence-corrected chi connectivity index (χ1v) is 8.37. The standard InChI is InChI=1S/C18H21N7O/c1-25(12-15-6-2-3-9-20-15)13-17(26)21-10-7-16-22-18(24-23-16)14-5-4-8-19-11-14/h2-6,8-9,11H,7,10,12-13H2,1H3,(H,21,26)(H,22,23,24). The Balaban J connectivity index is 1.40. The number of pyridine rings is 2. The third-order valence-corrected chi connectivity index (χ3v) is 3.71. The van der Waals surface area contributed by atoms with Gasteiger partial charge in [0.15, 0.2) is 5.82 Å². The Kier molecular flexibility index (Phi) is 6.00. The van der Waals surface area contributed by atoms with Crippen molar-refractivity contribution in [1.82, 2.24) is 35.4 Å². The summed E-state index contributed by atoms with van der Waals surface area (Å²) in [6.45, 7) is 1.44. The van der Waals surface area contributed by atoms with Gasteiger partial charge in [0.25, 0.3) is 0 Å². The van der Waals surface area contributed by atoms with Gasteiger partial charge in [0, 0.05) is 43.7 Å². The molecule has 0 saturated heterocycles. The van der Waals surface area contributed by atoms with Gasteiger partial charge >= 0.3 is 0 Å². The molecule has 0 aliphatic rings. The van der Waals surface area contributed by atoms with Crippen molar-refractivity contribution in [3.63, 3.8) is 0 Å². The van der Waals surface area contributed by atoms with Crippen LogP contribution in [0.3, 0.4) is 0 Å². The van der Waals surface area contributed by atoms with E-state index in [9.17, 15) is 4.79 Å². The number of aromatic nitrogens is 5. The summed E-state index contributed by atoms with van der Waals surface area (Å²) < 4.78 is 0. The number of nitrogens with zero attached hydrogens (tertiary/aromatic N) is 5. The summed E-state index contributed by atoms with van der Waals surface area (Å²) in [4.78, 5) is 26.7. The first kappa shape index (κ1) is 17.7. The Hall–Kier alpha value is -3.13. The van der Waals surface area contributed by atoms with Crippen LogP contribution in [0.2, 0.25) is 0 Å². The number of hydrogen-bond donors (Lipinski definition) is 2. The van der Waals surface area contributed by atoms with Crippen LogP contribution in [0.1, 0.15) is 11.5 Å². The number of aromatic amines is 1. The van der Waals surface area contributed by atoms with E-state index in [2.05, 4.69) is 30.5 Å². The minimum Gasteiger partial charge on any atom is -0.355 e. The minimum atomic E-state index is -0.0320. The van der Waals surface area contributed by atoms with Crippen LogP contribution < -0.4 is 5.32 Å². The van der Waals surface area contributed by atoms with Crippen LogP contribution in [0.5, 0.6) is 0 Å². The van der Waals surface area contributed by atoms with Gasteiger partial charge in [-0.15, -0.1) is 0 Å². The SMILES string of the molecule is CN(CC(=O)NCCc1nc(-c2cccnc2)n[nH]1)Cc1ccccn1. The van der Waals surface area contributed by atoms with E-state index in [1.807, 2.05) is 42.3 Å². The zero-order chi connectivity index (χ0) is 18.2. The third kappa shape index (κ3) is 5.18. The molecule has 0 saturated carbocycles. The summed E-state index contributed by atoms with van der Waals surface area (Å²) in [5.74, 6) is 1.30. The molecule has 26 heavy (non-hydrogen) atoms. The second-order valence-electron chi connectivity index (χ2n) is 5.94. The highest BCUT2D eigenvalue weighted by Gasteiger charge is 2.09. The van der Waals surface area contributed by atoms with Crippen LogP contribution in [0.15, 0.2) is 48.9 Å². The summed E-state index contributed by atoms with van der Waals surface area (Å²) in [6, 6.07) is 9.50. The molecule has 0 unspecified atom stereocenters. The van der Waals surface area contributed by atoms with Gasteiger partial charge in [-0.3, -0.25) is 24.8 Å². The molecule has 8 heteroatoms. The Bertz CT molecular complexity index is 820. The predicted molar refractivity (Wildman–Crippen MR) is 96.9 cm³/mol. The van der Waals surface area contributed by atoms with Crippen molar-refractivity contribution in [2.75, 3.05) is 20.1 Å². The lowest BCUT2D eigenvalue weighted by Gasteiger charge is -2.15. The molecule has 0 aliphatic carbocycles. The lowest BCUT2D eigenvalue weighted by Crippen LogP contribution is -2.36. The van der Waals surface area contributed by atoms with E-state index in [-0.39, 0.29) is 5.91 Å². The van der Waals surface area contributed by atoms with Crippen LogP contribution in [0.25, 0.3) is 11.4 Å². The van der Waals surface area contributed by atoms with E-state index in [0.29, 0.717) is 31.9 Å². The normalized spacial score (nSPS) is 10.8. The average Bonchev–Trinajstić information content (AvgIpc) is 3.12. The summed E-state index contributed by atoms with van der Waals surface area (Å²) in [5, 5.41) is 9.96. The maximum Gasteiger partial charge on any atom is 0.234 e. The molecule has 0 fully saturated rings. The van der Waals surface area contributed by atoms with Gasteiger partial charge in [-0.25, -0.2) is 4.98 Å². The van der Waals surface area contributed by atoms with Crippen molar-refractivity contribution in [1.29, 1.82) is 0 Å². The molecule has 0 aliphatic heterocycles. The lowest BCUT2D eigenvalue weighted by atomic mass is 10.3. The molecule has 1 amide bonds. The number of carbonyl (C=O) groups excluding carboxylic acids is 1. The second kappa shape index (κ2) is 8.82. The molecule has 0 spiro atoms. The molecule has 0 bridgehead atoms. The summed E-state index contributed by atoms with van der Waals surface area (Å²) in [6.07, 6.45) is 5.76. The Morgan fingerprint density at radius 2 is 2.15 bits per heavy atom. The Morgan fingerprint density at radius 3 is 2.92 bits per heavy atom. The van der Waals surface area contributed by atoms with Crippen molar-refractivity contribution in [3.8, 4) is 11.4 Å². The molecular formula is C18H21N7O. The molecule has 0 aromatic carbocycles. The van der Waals surface area contributed by atoms with E-state index in [4.69, 9.17) is 0 Å². The van der Waals surface area contributed by atoms with Crippen molar-refractivity contribution in [3.05, 3.63) is 60.4 Å². The van der Waals surface area contributed by atoms with Crippen LogP contribution in [0.4, 0.5) is 0 Å². The topological polar surface area (TPSA) is 99.7 Å². The molecular weight excluding hydrogens is 330 g/mol. The largest absolute Gasteiger partial charge is 0.355 e. The van der Waals surface area contributed by atoms with Gasteiger partial charge in [0.2, 0.25) is 5.91 Å². The van der Waals surface area contributed by atoms with Gasteiger partial charge in [-0.1, -0.05) is 6.07 Å². The molecule has 3 aromatic rings. The molecule has 0 radical (unpaired) electrons. The fourth-order valence-electron chi connectivity index (χ4n) is 2.48. The highest BCUT2D eigenvalue weighted by Crippen LogP contribution is 2.11. The van der Waals surface area contributed by atoms with Crippen molar-refractivity contribution < 1.29 is 4.79 Å². The highest BCUT2D eigenvalue weighted by atomic mass is 16.2. The molecule has 8 nitrogen and oxygen atoms in total. The van der Waals surface area contributed by atoms with E-state index < -0.39 is 0 Å². The fraction of sp³-hybridized carbons (Fsp3) is 0.278. The number of rotatable bonds is 8. The number of hydrogen-bond acceptors (Lipinski definition) is 6. The maximum absolute atomic E-state index is 12.0. The van der Waals surface area contributed by atoms with Crippen LogP contribution >= 0.6 is 0 Å². The highest BCUT2D eigenvalue weighted by molar-refractivity contribution is 5.77. The molecule has 3 rings (SSSR count). The molecule has 134 valence electrons. The van der Waals surface area contributed by atoms with Crippen LogP contribution in [-0.4, -0.2) is 56.1 Å². The molecule has 3 aromatic heterocycles. The van der Waals surface area contributed by atoms with E-state index in [1.54, 1.807) is 18.6 Å². The van der Waals surface area contributed by atoms with E-state index in [0.717, 1.165) is 17.1 Å². The maximum atomic E-state index is 12.0. The van der Waals surface area contributed by atoms with Gasteiger partial charge in [-0.2, -0.15) is 5.10 Å². The Morgan fingerprint density at radius 1 is 1.23 bits per heavy atom. The van der Waals surface area contributed by atoms with Crippen molar-refractivity contribution >= 4 is 5.91 Å². The fourth-order valence-corrected chi connectivity index (χ4v) is 2.48. The summed E-state index contributed by atoms with van der Waals surface area (Å²) in [5.41, 5.74) is 1.79. The number of H-pyrrole nitrogens is 1. The first-order chi connectivity index (χ1) is 12.7. The van der Waals surface area contributed by atoms with Crippen LogP contribution in [-0.2, 0) is 17.8 Å². The molecule has 3 heterocycles. The smallest absolute Gasteiger partial charge is 0.234 e. The lowest BCUT2D eigenvalue weighted by molar-refractivity contribution is -0.122. The van der Waals surface area contributed by atoms with Gasteiger partial charge in [0.05, 0.1) is 12.2 Å². The van der Waals surface area contributed by atoms with Crippen molar-refractivity contribution in [2.24, 2.45) is 0 Å². The quantitative estimate of drug-likeness (QED) is 0.629. The van der Waals surface area contributed by atoms with Gasteiger partial charge in [-0.05, 0) is 31.3 Å². The van der Waals surface area contributed by atoms with Gasteiger partial charge in [0.1, 0.15) is 5.82 Å². The average molecular weight is 351 g/mol. The molecule has 0 atom stereocenters. The van der Waals surface area contributed by atoms with E-state index in [1.165, 1.54) is 0 Å². The predicted octanol–water partition coefficient (Wildman–Crippen LogP) is 1.05. The van der Waals surface area contributed by atoms with Gasteiger partial charge < -0.3 is 5.32 Å². The zero-order valence-corrected chi connectivity index (χ0v) is 14.6. The van der Waals surface area contributed by atoms with Crippen LogP contribution in [0, 0.1) is 0 Å². The number of nitrogens with one attached hydrogen (secondary N) is 2. The summed E-state index contributed by atoms with van der Waals surface area (Å²) >= 11 is 0. The molecule has 2 N–H and O–H groups in total. The minimum absolute atomic E-state index is 0.0320. The number of likely N-dealkylation sites (N-methyl/N-ethyl adjacent to an activating group) is 1. The zero-order valence-electron chi connectivity index (χ0n) is 14.6. The monoisotopic (exact) mass is 351 g/mol. The first-order valence-electron chi connectivity index (χ1n) is 8.37.